The van der Waals surface area contributed by atoms with Crippen molar-refractivity contribution in [2.24, 2.45) is 5.73 Å². The topological polar surface area (TPSA) is 63.9 Å². The van der Waals surface area contributed by atoms with Crippen molar-refractivity contribution >= 4 is 0 Å². The Morgan fingerprint density at radius 3 is 3.00 bits per heavy atom. The van der Waals surface area contributed by atoms with E-state index in [1.807, 2.05) is 6.20 Å². The summed E-state index contributed by atoms with van der Waals surface area (Å²) in [5.41, 5.74) is 8.10. The highest BCUT2D eigenvalue weighted by Crippen LogP contribution is 2.28. The normalized spacial score (nSPS) is 18.6. The SMILES string of the molecule is NCCc1[nH]ncc1C1CCOCC1. The van der Waals surface area contributed by atoms with E-state index >= 15 is 0 Å². The van der Waals surface area contributed by atoms with Gasteiger partial charge in [-0.15, -0.1) is 0 Å². The van der Waals surface area contributed by atoms with Gasteiger partial charge in [-0.3, -0.25) is 5.10 Å². The van der Waals surface area contributed by atoms with Gasteiger partial charge in [0.15, 0.2) is 0 Å². The smallest absolute Gasteiger partial charge is 0.0525 e. The van der Waals surface area contributed by atoms with Crippen LogP contribution in [-0.2, 0) is 11.2 Å². The number of aromatic amines is 1. The van der Waals surface area contributed by atoms with Crippen molar-refractivity contribution in [1.29, 1.82) is 0 Å². The van der Waals surface area contributed by atoms with Gasteiger partial charge in [-0.25, -0.2) is 0 Å². The molecule has 0 bridgehead atoms. The highest BCUT2D eigenvalue weighted by molar-refractivity contribution is 5.22. The molecule has 1 saturated heterocycles. The van der Waals surface area contributed by atoms with E-state index in [4.69, 9.17) is 10.5 Å². The number of ether oxygens (including phenoxy) is 1. The van der Waals surface area contributed by atoms with E-state index in [9.17, 15) is 0 Å². The van der Waals surface area contributed by atoms with Gasteiger partial charge in [0, 0.05) is 25.3 Å². The molecule has 2 heterocycles. The average molecular weight is 195 g/mol. The van der Waals surface area contributed by atoms with Crippen molar-refractivity contribution in [1.82, 2.24) is 10.2 Å². The van der Waals surface area contributed by atoms with Crippen LogP contribution in [0.4, 0.5) is 0 Å². The van der Waals surface area contributed by atoms with Crippen LogP contribution in [-0.4, -0.2) is 30.0 Å². The van der Waals surface area contributed by atoms with Gasteiger partial charge in [0.05, 0.1) is 6.20 Å². The van der Waals surface area contributed by atoms with Crippen LogP contribution in [0.1, 0.15) is 30.0 Å². The molecule has 0 aromatic carbocycles. The molecule has 1 aliphatic heterocycles. The van der Waals surface area contributed by atoms with Gasteiger partial charge in [0.25, 0.3) is 0 Å². The molecular formula is C10H17N3O. The van der Waals surface area contributed by atoms with Crippen LogP contribution in [0.5, 0.6) is 0 Å². The average Bonchev–Trinajstić information content (AvgIpc) is 2.68. The fraction of sp³-hybridized carbons (Fsp3) is 0.700. The molecule has 0 aliphatic carbocycles. The van der Waals surface area contributed by atoms with Crippen LogP contribution in [0.2, 0.25) is 0 Å². The minimum atomic E-state index is 0.615. The Kier molecular flexibility index (Phi) is 3.16. The fourth-order valence-corrected chi connectivity index (χ4v) is 2.03. The minimum Gasteiger partial charge on any atom is -0.381 e. The molecule has 1 aliphatic rings. The summed E-state index contributed by atoms with van der Waals surface area (Å²) in [7, 11) is 0. The number of hydrogen-bond acceptors (Lipinski definition) is 3. The van der Waals surface area contributed by atoms with E-state index in [1.54, 1.807) is 0 Å². The molecule has 3 N–H and O–H groups in total. The summed E-state index contributed by atoms with van der Waals surface area (Å²) in [5.74, 6) is 0.615. The lowest BCUT2D eigenvalue weighted by molar-refractivity contribution is 0.0852. The molecule has 78 valence electrons. The van der Waals surface area contributed by atoms with Crippen molar-refractivity contribution in [3.63, 3.8) is 0 Å². The van der Waals surface area contributed by atoms with E-state index in [0.717, 1.165) is 32.5 Å². The van der Waals surface area contributed by atoms with Gasteiger partial charge in [-0.05, 0) is 30.9 Å². The van der Waals surface area contributed by atoms with Gasteiger partial charge in [0.1, 0.15) is 0 Å². The molecule has 4 nitrogen and oxygen atoms in total. The first-order valence-corrected chi connectivity index (χ1v) is 5.21. The highest BCUT2D eigenvalue weighted by atomic mass is 16.5. The third kappa shape index (κ3) is 1.96. The Balaban J connectivity index is 2.09. The van der Waals surface area contributed by atoms with Gasteiger partial charge in [0.2, 0.25) is 0 Å². The third-order valence-corrected chi connectivity index (χ3v) is 2.81. The van der Waals surface area contributed by atoms with Gasteiger partial charge < -0.3 is 10.5 Å². The van der Waals surface area contributed by atoms with Crippen LogP contribution in [0, 0.1) is 0 Å². The summed E-state index contributed by atoms with van der Waals surface area (Å²) in [4.78, 5) is 0. The second-order valence-electron chi connectivity index (χ2n) is 3.73. The molecule has 2 rings (SSSR count). The lowest BCUT2D eigenvalue weighted by Crippen LogP contribution is -2.15. The monoisotopic (exact) mass is 195 g/mol. The molecule has 0 saturated carbocycles. The Bertz CT molecular complexity index is 279. The summed E-state index contributed by atoms with van der Waals surface area (Å²) in [6.07, 6.45) is 5.06. The van der Waals surface area contributed by atoms with Crippen molar-refractivity contribution in [3.05, 3.63) is 17.5 Å². The number of nitrogens with zero attached hydrogens (tertiary/aromatic N) is 1. The lowest BCUT2D eigenvalue weighted by Gasteiger charge is -2.21. The molecule has 0 unspecified atom stereocenters. The standard InChI is InChI=1S/C10H17N3O/c11-4-1-10-9(7-12-13-10)8-2-5-14-6-3-8/h7-8H,1-6,11H2,(H,12,13). The molecule has 14 heavy (non-hydrogen) atoms. The number of hydrogen-bond donors (Lipinski definition) is 2. The predicted octanol–water partition coefficient (Wildman–Crippen LogP) is 0.805. The van der Waals surface area contributed by atoms with Gasteiger partial charge in [-0.2, -0.15) is 5.10 Å². The summed E-state index contributed by atoms with van der Waals surface area (Å²) >= 11 is 0. The number of aromatic nitrogens is 2. The van der Waals surface area contributed by atoms with Crippen LogP contribution >= 0.6 is 0 Å². The number of nitrogens with two attached hydrogens (primary N) is 1. The molecule has 1 aromatic rings. The number of nitrogens with one attached hydrogen (secondary N) is 1. The third-order valence-electron chi connectivity index (χ3n) is 2.81. The zero-order valence-corrected chi connectivity index (χ0v) is 8.33. The molecule has 1 aromatic heterocycles. The molecule has 0 spiro atoms. The maximum absolute atomic E-state index is 5.55. The van der Waals surface area contributed by atoms with Crippen LogP contribution in [0.3, 0.4) is 0 Å². The highest BCUT2D eigenvalue weighted by Gasteiger charge is 2.19. The molecular weight excluding hydrogens is 178 g/mol. The predicted molar refractivity (Wildman–Crippen MR) is 54.1 cm³/mol. The van der Waals surface area contributed by atoms with Gasteiger partial charge >= 0.3 is 0 Å². The fourth-order valence-electron chi connectivity index (χ4n) is 2.03. The number of rotatable bonds is 3. The molecule has 1 fully saturated rings. The second kappa shape index (κ2) is 4.57. The summed E-state index contributed by atoms with van der Waals surface area (Å²) in [5, 5.41) is 7.13. The molecule has 0 amide bonds. The van der Waals surface area contributed by atoms with E-state index < -0.39 is 0 Å². The summed E-state index contributed by atoms with van der Waals surface area (Å²) in [6.45, 7) is 2.42. The Morgan fingerprint density at radius 1 is 1.50 bits per heavy atom. The zero-order valence-electron chi connectivity index (χ0n) is 8.33. The minimum absolute atomic E-state index is 0.615. The molecule has 4 heteroatoms. The maximum atomic E-state index is 5.55. The van der Waals surface area contributed by atoms with E-state index in [0.29, 0.717) is 12.5 Å². The quantitative estimate of drug-likeness (QED) is 0.750. The van der Waals surface area contributed by atoms with Crippen molar-refractivity contribution in [2.75, 3.05) is 19.8 Å². The van der Waals surface area contributed by atoms with Crippen LogP contribution in [0.15, 0.2) is 6.20 Å². The summed E-state index contributed by atoms with van der Waals surface area (Å²) < 4.78 is 5.34. The van der Waals surface area contributed by atoms with Gasteiger partial charge in [-0.1, -0.05) is 0 Å². The first-order valence-electron chi connectivity index (χ1n) is 5.21. The van der Waals surface area contributed by atoms with Crippen LogP contribution < -0.4 is 5.73 Å². The van der Waals surface area contributed by atoms with E-state index in [2.05, 4.69) is 10.2 Å². The number of H-pyrrole nitrogens is 1. The Morgan fingerprint density at radius 2 is 2.29 bits per heavy atom. The van der Waals surface area contributed by atoms with E-state index in [1.165, 1.54) is 11.3 Å². The van der Waals surface area contributed by atoms with Crippen molar-refractivity contribution in [3.8, 4) is 0 Å². The second-order valence-corrected chi connectivity index (χ2v) is 3.73. The Labute approximate surface area is 83.8 Å². The maximum Gasteiger partial charge on any atom is 0.0525 e. The Hall–Kier alpha value is -0.870. The zero-order chi connectivity index (χ0) is 9.80. The largest absolute Gasteiger partial charge is 0.381 e. The first-order chi connectivity index (χ1) is 6.92. The molecule has 0 atom stereocenters. The van der Waals surface area contributed by atoms with Crippen molar-refractivity contribution < 1.29 is 4.74 Å². The molecule has 0 radical (unpaired) electrons. The van der Waals surface area contributed by atoms with Crippen LogP contribution in [0.25, 0.3) is 0 Å². The first kappa shape index (κ1) is 9.68. The lowest BCUT2D eigenvalue weighted by atomic mass is 9.91. The van der Waals surface area contributed by atoms with E-state index in [-0.39, 0.29) is 0 Å². The van der Waals surface area contributed by atoms with Crippen molar-refractivity contribution in [2.45, 2.75) is 25.2 Å². The summed E-state index contributed by atoms with van der Waals surface area (Å²) in [6, 6.07) is 0.